The zero-order valence-electron chi connectivity index (χ0n) is 18.0. The largest absolute Gasteiger partial charge is 0.421 e. The predicted octanol–water partition coefficient (Wildman–Crippen LogP) is 3.66. The molecule has 3 aromatic rings. The highest BCUT2D eigenvalue weighted by molar-refractivity contribution is 5.71. The van der Waals surface area contributed by atoms with Crippen molar-refractivity contribution in [1.82, 2.24) is 25.5 Å². The second-order valence-corrected chi connectivity index (χ2v) is 8.37. The van der Waals surface area contributed by atoms with Gasteiger partial charge in [0.15, 0.2) is 0 Å². The van der Waals surface area contributed by atoms with Crippen molar-refractivity contribution in [2.24, 2.45) is 0 Å². The maximum absolute atomic E-state index is 5.72. The van der Waals surface area contributed by atoms with Gasteiger partial charge >= 0.3 is 0 Å². The number of anilines is 2. The highest BCUT2D eigenvalue weighted by Crippen LogP contribution is 2.30. The fourth-order valence-electron chi connectivity index (χ4n) is 4.38. The van der Waals surface area contributed by atoms with E-state index in [2.05, 4.69) is 36.8 Å². The van der Waals surface area contributed by atoms with E-state index in [9.17, 15) is 0 Å². The summed E-state index contributed by atoms with van der Waals surface area (Å²) in [5.41, 5.74) is 2.80. The molecular formula is C23H29N7O. The van der Waals surface area contributed by atoms with Gasteiger partial charge < -0.3 is 20.0 Å². The van der Waals surface area contributed by atoms with Crippen LogP contribution in [-0.2, 0) is 0 Å². The summed E-state index contributed by atoms with van der Waals surface area (Å²) in [6.45, 7) is 5.55. The highest BCUT2D eigenvalue weighted by Gasteiger charge is 2.18. The normalized spacial score (nSPS) is 17.6. The smallest absolute Gasteiger partial charge is 0.247 e. The molecule has 0 unspecified atom stereocenters. The van der Waals surface area contributed by atoms with Crippen LogP contribution in [0.2, 0.25) is 0 Å². The maximum Gasteiger partial charge on any atom is 0.247 e. The van der Waals surface area contributed by atoms with Crippen LogP contribution < -0.4 is 15.5 Å². The van der Waals surface area contributed by atoms with Crippen LogP contribution in [0.1, 0.15) is 38.0 Å². The Balaban J connectivity index is 1.49. The lowest BCUT2D eigenvalue weighted by atomic mass is 9.95. The van der Waals surface area contributed by atoms with E-state index in [1.807, 2.05) is 31.3 Å². The van der Waals surface area contributed by atoms with Crippen LogP contribution in [0.25, 0.3) is 22.7 Å². The first-order valence-corrected chi connectivity index (χ1v) is 11.3. The first kappa shape index (κ1) is 19.9. The summed E-state index contributed by atoms with van der Waals surface area (Å²) in [6.07, 6.45) is 8.20. The summed E-state index contributed by atoms with van der Waals surface area (Å²) < 4.78 is 5.72. The van der Waals surface area contributed by atoms with Gasteiger partial charge in [0.2, 0.25) is 11.8 Å². The maximum atomic E-state index is 5.72. The van der Waals surface area contributed by atoms with Crippen molar-refractivity contribution in [3.63, 3.8) is 0 Å². The van der Waals surface area contributed by atoms with E-state index in [1.54, 1.807) is 0 Å². The van der Waals surface area contributed by atoms with Crippen molar-refractivity contribution in [3.8, 4) is 22.7 Å². The van der Waals surface area contributed by atoms with E-state index < -0.39 is 0 Å². The van der Waals surface area contributed by atoms with E-state index >= 15 is 0 Å². The number of hydrogen-bond donors (Lipinski definition) is 2. The Hall–Kier alpha value is -3.00. The van der Waals surface area contributed by atoms with Crippen LogP contribution in [0.5, 0.6) is 0 Å². The summed E-state index contributed by atoms with van der Waals surface area (Å²) in [5.74, 6) is 2.92. The lowest BCUT2D eigenvalue weighted by Crippen LogP contribution is -2.43. The van der Waals surface area contributed by atoms with Gasteiger partial charge in [0.25, 0.3) is 0 Å². The van der Waals surface area contributed by atoms with Gasteiger partial charge in [0, 0.05) is 56.5 Å². The van der Waals surface area contributed by atoms with Crippen LogP contribution in [0, 0.1) is 6.92 Å². The molecule has 0 amide bonds. The van der Waals surface area contributed by atoms with Crippen LogP contribution in [-0.4, -0.2) is 52.4 Å². The third kappa shape index (κ3) is 4.69. The molecule has 1 saturated carbocycles. The molecule has 1 saturated heterocycles. The number of pyridine rings is 2. The third-order valence-corrected chi connectivity index (χ3v) is 6.04. The average molecular weight is 420 g/mol. The molecule has 162 valence electrons. The molecule has 3 aromatic heterocycles. The molecule has 8 nitrogen and oxygen atoms in total. The van der Waals surface area contributed by atoms with Crippen LogP contribution in [0.4, 0.5) is 11.6 Å². The molecule has 2 N–H and O–H groups in total. The van der Waals surface area contributed by atoms with Crippen molar-refractivity contribution in [2.75, 3.05) is 36.4 Å². The number of piperazine rings is 1. The van der Waals surface area contributed by atoms with Crippen molar-refractivity contribution < 1.29 is 4.42 Å². The molecule has 0 spiro atoms. The topological polar surface area (TPSA) is 92.0 Å². The molecule has 8 heteroatoms. The number of rotatable bonds is 5. The average Bonchev–Trinajstić information content (AvgIpc) is 3.27. The van der Waals surface area contributed by atoms with Gasteiger partial charge in [-0.15, -0.1) is 10.2 Å². The number of nitrogens with zero attached hydrogens (tertiary/aromatic N) is 5. The van der Waals surface area contributed by atoms with Crippen molar-refractivity contribution in [1.29, 1.82) is 0 Å². The van der Waals surface area contributed by atoms with Gasteiger partial charge in [-0.25, -0.2) is 9.97 Å². The molecule has 4 heterocycles. The summed E-state index contributed by atoms with van der Waals surface area (Å²) in [4.78, 5) is 11.9. The summed E-state index contributed by atoms with van der Waals surface area (Å²) >= 11 is 0. The minimum absolute atomic E-state index is 0.508. The van der Waals surface area contributed by atoms with Gasteiger partial charge in [0.1, 0.15) is 11.6 Å². The van der Waals surface area contributed by atoms with Gasteiger partial charge in [-0.1, -0.05) is 19.3 Å². The molecule has 5 rings (SSSR count). The molecule has 31 heavy (non-hydrogen) atoms. The molecule has 2 aliphatic rings. The van der Waals surface area contributed by atoms with Gasteiger partial charge in [0.05, 0.1) is 5.69 Å². The first-order valence-electron chi connectivity index (χ1n) is 11.3. The number of nitrogens with one attached hydrogen (secondary N) is 2. The Morgan fingerprint density at radius 2 is 1.87 bits per heavy atom. The van der Waals surface area contributed by atoms with Crippen molar-refractivity contribution in [3.05, 3.63) is 36.4 Å². The molecule has 0 radical (unpaired) electrons. The van der Waals surface area contributed by atoms with Crippen molar-refractivity contribution >= 4 is 11.6 Å². The summed E-state index contributed by atoms with van der Waals surface area (Å²) in [5, 5.41) is 15.3. The fourth-order valence-corrected chi connectivity index (χ4v) is 4.38. The monoisotopic (exact) mass is 419 g/mol. The first-order chi connectivity index (χ1) is 15.2. The van der Waals surface area contributed by atoms with Gasteiger partial charge in [-0.05, 0) is 37.1 Å². The van der Waals surface area contributed by atoms with E-state index in [1.165, 1.54) is 32.1 Å². The summed E-state index contributed by atoms with van der Waals surface area (Å²) in [7, 11) is 0. The number of aryl methyl sites for hydroxylation is 1. The quantitative estimate of drug-likeness (QED) is 0.647. The Morgan fingerprint density at radius 3 is 2.65 bits per heavy atom. The molecule has 1 aliphatic heterocycles. The minimum atomic E-state index is 0.508. The van der Waals surface area contributed by atoms with Crippen LogP contribution in [0.15, 0.2) is 34.9 Å². The SMILES string of the molecule is Cc1nnc(-c2cc(-c3ccnc(NC4CCCCC4)c3)nc(N3CCNCC3)c2)o1. The molecule has 1 aliphatic carbocycles. The van der Waals surface area contributed by atoms with Gasteiger partial charge in [-0.2, -0.15) is 0 Å². The van der Waals surface area contributed by atoms with E-state index in [0.717, 1.165) is 54.6 Å². The standard InChI is InChI=1S/C23H29N7O/c1-16-28-29-23(31-16)18-13-20(27-22(15-18)30-11-9-24-10-12-30)17-7-8-25-21(14-17)26-19-5-3-2-4-6-19/h7-8,13-15,19,24H,2-6,9-12H2,1H3,(H,25,26). The molecular weight excluding hydrogens is 390 g/mol. The fraction of sp³-hybridized carbons (Fsp3) is 0.478. The lowest BCUT2D eigenvalue weighted by Gasteiger charge is -2.29. The van der Waals surface area contributed by atoms with Crippen LogP contribution in [0.3, 0.4) is 0 Å². The Morgan fingerprint density at radius 1 is 1.03 bits per heavy atom. The lowest BCUT2D eigenvalue weighted by molar-refractivity contribution is 0.462. The molecule has 0 aromatic carbocycles. The zero-order valence-corrected chi connectivity index (χ0v) is 18.0. The predicted molar refractivity (Wildman–Crippen MR) is 121 cm³/mol. The molecule has 0 bridgehead atoms. The van der Waals surface area contributed by atoms with Gasteiger partial charge in [-0.3, -0.25) is 0 Å². The second kappa shape index (κ2) is 9.01. The minimum Gasteiger partial charge on any atom is -0.421 e. The van der Waals surface area contributed by atoms with E-state index in [-0.39, 0.29) is 0 Å². The number of aromatic nitrogens is 4. The Kier molecular flexibility index (Phi) is 5.80. The molecule has 2 fully saturated rings. The third-order valence-electron chi connectivity index (χ3n) is 6.04. The Labute approximate surface area is 182 Å². The highest BCUT2D eigenvalue weighted by atomic mass is 16.4. The Bertz CT molecular complexity index is 1020. The molecule has 0 atom stereocenters. The van der Waals surface area contributed by atoms with Crippen LogP contribution >= 0.6 is 0 Å². The zero-order chi connectivity index (χ0) is 21.0. The summed E-state index contributed by atoms with van der Waals surface area (Å²) in [6, 6.07) is 8.69. The number of hydrogen-bond acceptors (Lipinski definition) is 8. The van der Waals surface area contributed by atoms with E-state index in [0.29, 0.717) is 17.8 Å². The van der Waals surface area contributed by atoms with Crippen molar-refractivity contribution in [2.45, 2.75) is 45.1 Å². The van der Waals surface area contributed by atoms with E-state index in [4.69, 9.17) is 9.40 Å². The second-order valence-electron chi connectivity index (χ2n) is 8.37.